The number of methoxy groups -OCH3 is 1. The van der Waals surface area contributed by atoms with E-state index in [1.165, 1.54) is 0 Å². The molecule has 0 heterocycles. The van der Waals surface area contributed by atoms with E-state index in [2.05, 4.69) is 9.47 Å². The molecule has 0 fully saturated rings. The molecule has 0 radical (unpaired) electrons. The van der Waals surface area contributed by atoms with Crippen molar-refractivity contribution in [1.82, 2.24) is 0 Å². The number of carbonyl (C=O) groups excluding carboxylic acids is 3. The quantitative estimate of drug-likeness (QED) is 0.209. The summed E-state index contributed by atoms with van der Waals surface area (Å²) in [5, 5.41) is 0. The Hall–Kier alpha value is 1.57. The standard InChI is InChI=1S/C5H6O5.3Na.H2O.3H/c1-9-4(7)2-5(8)10-3-6;;;;;;;/h3H,2H2,1H3;;;;1H2;;;/q;3*+1;;3*-1. The van der Waals surface area contributed by atoms with Crippen LogP contribution in [0, 0.1) is 0 Å². The van der Waals surface area contributed by atoms with Gasteiger partial charge in [-0.3, -0.25) is 14.4 Å². The molecule has 0 aromatic carbocycles. The maximum absolute atomic E-state index is 10.3. The molecule has 0 spiro atoms. The van der Waals surface area contributed by atoms with E-state index in [0.29, 0.717) is 0 Å². The van der Waals surface area contributed by atoms with Gasteiger partial charge in [-0.1, -0.05) is 0 Å². The molecular weight excluding hydrogens is 225 g/mol. The van der Waals surface area contributed by atoms with Crippen molar-refractivity contribution in [2.45, 2.75) is 6.42 Å². The van der Waals surface area contributed by atoms with Gasteiger partial charge in [0.15, 0.2) is 0 Å². The van der Waals surface area contributed by atoms with Crippen molar-refractivity contribution in [2.75, 3.05) is 7.11 Å². The molecule has 0 aromatic heterocycles. The second-order valence-corrected chi connectivity index (χ2v) is 1.34. The fourth-order valence-corrected chi connectivity index (χ4v) is 0.285. The minimum atomic E-state index is -0.915. The summed E-state index contributed by atoms with van der Waals surface area (Å²) in [5.41, 5.74) is 0. The predicted octanol–water partition coefficient (Wildman–Crippen LogP) is -10.2. The number of hydrogen-bond donors (Lipinski definition) is 0. The van der Waals surface area contributed by atoms with Gasteiger partial charge in [0.05, 0.1) is 7.11 Å². The van der Waals surface area contributed by atoms with Crippen LogP contribution in [-0.2, 0) is 23.9 Å². The maximum Gasteiger partial charge on any atom is 1.00 e. The van der Waals surface area contributed by atoms with Crippen LogP contribution in [0.5, 0.6) is 0 Å². The van der Waals surface area contributed by atoms with E-state index in [4.69, 9.17) is 0 Å². The van der Waals surface area contributed by atoms with Gasteiger partial charge >= 0.3 is 107 Å². The molecule has 2 N–H and O–H groups in total. The summed E-state index contributed by atoms with van der Waals surface area (Å²) in [7, 11) is 1.14. The molecule has 70 valence electrons. The number of esters is 2. The third-order valence-corrected chi connectivity index (χ3v) is 0.696. The van der Waals surface area contributed by atoms with Gasteiger partial charge in [-0.2, -0.15) is 0 Å². The third kappa shape index (κ3) is 19.2. The topological polar surface area (TPSA) is 101 Å². The zero-order valence-corrected chi connectivity index (χ0v) is 14.8. The summed E-state index contributed by atoms with van der Waals surface area (Å²) >= 11 is 0. The summed E-state index contributed by atoms with van der Waals surface area (Å²) in [5.74, 6) is -1.64. The van der Waals surface area contributed by atoms with E-state index in [0.717, 1.165) is 7.11 Å². The monoisotopic (exact) mass is 236 g/mol. The van der Waals surface area contributed by atoms with Crippen molar-refractivity contribution in [3.63, 3.8) is 0 Å². The molecule has 0 saturated carbocycles. The Bertz CT molecular complexity index is 173. The Morgan fingerprint density at radius 1 is 1.21 bits per heavy atom. The molecule has 0 aromatic rings. The maximum atomic E-state index is 10.3. The second kappa shape index (κ2) is 20.0. The SMILES string of the molecule is COC(=O)CC(=O)OC=O.O.[H-].[H-].[H-].[Na+].[Na+].[Na+]. The van der Waals surface area contributed by atoms with Crippen LogP contribution in [0.1, 0.15) is 10.7 Å². The molecular formula is C5H11Na3O6. The normalized spacial score (nSPS) is 5.79. The molecule has 0 aliphatic carbocycles. The van der Waals surface area contributed by atoms with Gasteiger partial charge in [0.25, 0.3) is 0 Å². The number of ether oxygens (including phenoxy) is 2. The minimum absolute atomic E-state index is 0. The average Bonchev–Trinajstić information content (AvgIpc) is 1.88. The summed E-state index contributed by atoms with van der Waals surface area (Å²) in [6, 6.07) is 0. The van der Waals surface area contributed by atoms with Crippen molar-refractivity contribution in [1.29, 1.82) is 0 Å². The molecule has 0 bridgehead atoms. The average molecular weight is 236 g/mol. The molecule has 0 saturated heterocycles. The summed E-state index contributed by atoms with van der Waals surface area (Å²) in [6.07, 6.45) is -0.533. The molecule has 0 amide bonds. The van der Waals surface area contributed by atoms with Crippen LogP contribution in [0.3, 0.4) is 0 Å². The molecule has 0 unspecified atom stereocenters. The van der Waals surface area contributed by atoms with Crippen LogP contribution >= 0.6 is 0 Å². The van der Waals surface area contributed by atoms with Crippen LogP contribution < -0.4 is 88.7 Å². The van der Waals surface area contributed by atoms with E-state index < -0.39 is 18.4 Å². The van der Waals surface area contributed by atoms with Gasteiger partial charge in [-0.25, -0.2) is 0 Å². The van der Waals surface area contributed by atoms with Crippen LogP contribution in [0.15, 0.2) is 0 Å². The largest absolute Gasteiger partial charge is 1.00 e. The van der Waals surface area contributed by atoms with Gasteiger partial charge in [0.2, 0.25) is 0 Å². The van der Waals surface area contributed by atoms with E-state index in [9.17, 15) is 14.4 Å². The van der Waals surface area contributed by atoms with Crippen LogP contribution in [0.25, 0.3) is 0 Å². The first kappa shape index (κ1) is 29.6. The van der Waals surface area contributed by atoms with Crippen LogP contribution in [0.4, 0.5) is 0 Å². The smallest absolute Gasteiger partial charge is 1.00 e. The van der Waals surface area contributed by atoms with Crippen molar-refractivity contribution in [3.8, 4) is 0 Å². The first-order valence-corrected chi connectivity index (χ1v) is 2.40. The van der Waals surface area contributed by atoms with Gasteiger partial charge in [0, 0.05) is 0 Å². The summed E-state index contributed by atoms with van der Waals surface area (Å²) < 4.78 is 7.91. The molecule has 0 aliphatic heterocycles. The predicted molar refractivity (Wildman–Crippen MR) is 35.7 cm³/mol. The van der Waals surface area contributed by atoms with Crippen molar-refractivity contribution >= 4 is 18.4 Å². The Balaban J connectivity index is -0.0000000193. The Morgan fingerprint density at radius 3 is 1.93 bits per heavy atom. The van der Waals surface area contributed by atoms with Gasteiger partial charge in [0.1, 0.15) is 6.42 Å². The third-order valence-electron chi connectivity index (χ3n) is 0.696. The van der Waals surface area contributed by atoms with Crippen molar-refractivity contribution in [2.24, 2.45) is 0 Å². The van der Waals surface area contributed by atoms with Crippen LogP contribution in [0.2, 0.25) is 0 Å². The Kier molecular flexibility index (Phi) is 42.4. The van der Waals surface area contributed by atoms with Gasteiger partial charge in [-0.05, 0) is 0 Å². The molecule has 9 heteroatoms. The number of rotatable bonds is 3. The number of carbonyl (C=O) groups is 3. The van der Waals surface area contributed by atoms with Gasteiger partial charge in [-0.15, -0.1) is 0 Å². The Morgan fingerprint density at radius 2 is 1.64 bits per heavy atom. The Labute approximate surface area is 152 Å². The molecule has 0 atom stereocenters. The van der Waals surface area contributed by atoms with E-state index in [-0.39, 0.29) is 105 Å². The van der Waals surface area contributed by atoms with E-state index in [1.807, 2.05) is 0 Å². The van der Waals surface area contributed by atoms with Gasteiger partial charge < -0.3 is 19.2 Å². The molecule has 14 heavy (non-hydrogen) atoms. The zero-order chi connectivity index (χ0) is 7.98. The van der Waals surface area contributed by atoms with Crippen molar-refractivity contribution in [3.05, 3.63) is 0 Å². The molecule has 0 rings (SSSR count). The fourth-order valence-electron chi connectivity index (χ4n) is 0.285. The first-order chi connectivity index (χ1) is 4.70. The first-order valence-electron chi connectivity index (χ1n) is 2.40. The van der Waals surface area contributed by atoms with E-state index >= 15 is 0 Å². The zero-order valence-electron chi connectivity index (χ0n) is 11.8. The molecule has 6 nitrogen and oxygen atoms in total. The minimum Gasteiger partial charge on any atom is -1.00 e. The number of hydrogen-bond acceptors (Lipinski definition) is 5. The van der Waals surface area contributed by atoms with Crippen molar-refractivity contribution < 1.29 is 122 Å². The summed E-state index contributed by atoms with van der Waals surface area (Å²) in [4.78, 5) is 30.0. The second-order valence-electron chi connectivity index (χ2n) is 1.34. The van der Waals surface area contributed by atoms with Crippen LogP contribution in [-0.4, -0.2) is 31.0 Å². The fraction of sp³-hybridized carbons (Fsp3) is 0.400. The summed E-state index contributed by atoms with van der Waals surface area (Å²) in [6.45, 7) is -0.0364. The molecule has 0 aliphatic rings. The van der Waals surface area contributed by atoms with E-state index in [1.54, 1.807) is 0 Å².